The molecule has 1 saturated heterocycles. The summed E-state index contributed by atoms with van der Waals surface area (Å²) in [4.78, 5) is 39.9. The van der Waals surface area contributed by atoms with E-state index in [2.05, 4.69) is 15.0 Å². The number of ether oxygens (including phenoxy) is 1. The van der Waals surface area contributed by atoms with Gasteiger partial charge in [0, 0.05) is 18.2 Å². The van der Waals surface area contributed by atoms with Gasteiger partial charge in [-0.15, -0.1) is 0 Å². The van der Waals surface area contributed by atoms with Gasteiger partial charge in [-0.2, -0.15) is 0 Å². The number of fused-ring (bicyclic) bond motifs is 2. The maximum atomic E-state index is 13.3. The number of rotatable bonds is 3. The molecule has 8 nitrogen and oxygen atoms in total. The minimum Gasteiger partial charge on any atom is -0.507 e. The van der Waals surface area contributed by atoms with Crippen LogP contribution in [0.2, 0.25) is 0 Å². The summed E-state index contributed by atoms with van der Waals surface area (Å²) in [6.45, 7) is 1.97. The van der Waals surface area contributed by atoms with Crippen LogP contribution in [0.25, 0.3) is 16.8 Å². The van der Waals surface area contributed by atoms with Gasteiger partial charge in [0.25, 0.3) is 5.78 Å². The molecule has 2 aromatic carbocycles. The van der Waals surface area contributed by atoms with Crippen molar-refractivity contribution in [1.29, 1.82) is 0 Å². The number of pyridine rings is 1. The topological polar surface area (TPSA) is 108 Å². The summed E-state index contributed by atoms with van der Waals surface area (Å²) in [6, 6.07) is 16.9. The van der Waals surface area contributed by atoms with Crippen LogP contribution < -0.4 is 9.64 Å². The second-order valence-electron chi connectivity index (χ2n) is 8.46. The number of hydrogen-bond acceptors (Lipinski definition) is 6. The van der Waals surface area contributed by atoms with E-state index in [0.717, 1.165) is 16.8 Å². The lowest BCUT2D eigenvalue weighted by atomic mass is 9.97. The predicted molar refractivity (Wildman–Crippen MR) is 125 cm³/mol. The number of Topliss-reactive ketones (excluding diaryl/α,β-unsaturated/α-hetero) is 1. The zero-order valence-corrected chi connectivity index (χ0v) is 18.2. The number of amides is 1. The SMILES string of the molecule is CC1Cc2cc(/C(O)=C3\C(=O)C(=O)N(c4nc5ccccc5[nH]4)C3c3ccccn3)ccc2O1. The molecule has 4 heterocycles. The van der Waals surface area contributed by atoms with Gasteiger partial charge in [-0.3, -0.25) is 19.5 Å². The van der Waals surface area contributed by atoms with Crippen LogP contribution in [0.3, 0.4) is 0 Å². The second kappa shape index (κ2) is 7.55. The molecule has 2 N–H and O–H groups in total. The van der Waals surface area contributed by atoms with E-state index in [1.165, 1.54) is 4.90 Å². The Hall–Kier alpha value is -4.46. The minimum atomic E-state index is -0.940. The van der Waals surface area contributed by atoms with Crippen LogP contribution in [0.15, 0.2) is 72.4 Å². The minimum absolute atomic E-state index is 0.0314. The van der Waals surface area contributed by atoms with Crippen LogP contribution in [-0.2, 0) is 16.0 Å². The lowest BCUT2D eigenvalue weighted by Crippen LogP contribution is -2.30. The Morgan fingerprint density at radius 2 is 1.94 bits per heavy atom. The highest BCUT2D eigenvalue weighted by Crippen LogP contribution is 2.41. The van der Waals surface area contributed by atoms with Gasteiger partial charge in [-0.05, 0) is 55.0 Å². The standard InChI is InChI=1S/C26H20N4O4/c1-14-12-16-13-15(9-10-20(16)34-14)23(31)21-22(19-8-4-5-11-27-19)30(25(33)24(21)32)26-28-17-6-2-3-7-18(17)29-26/h2-11,13-14,22,31H,12H2,1H3,(H,28,29)/b23-21+. The number of imidazole rings is 1. The normalized spacial score (nSPS) is 21.1. The molecule has 2 unspecified atom stereocenters. The van der Waals surface area contributed by atoms with E-state index < -0.39 is 17.7 Å². The van der Waals surface area contributed by atoms with Gasteiger partial charge in [-0.25, -0.2) is 4.98 Å². The second-order valence-corrected chi connectivity index (χ2v) is 8.46. The number of carbonyl (C=O) groups is 2. The molecule has 1 fully saturated rings. The largest absolute Gasteiger partial charge is 0.507 e. The van der Waals surface area contributed by atoms with E-state index in [-0.39, 0.29) is 23.4 Å². The highest BCUT2D eigenvalue weighted by atomic mass is 16.5. The molecule has 0 bridgehead atoms. The van der Waals surface area contributed by atoms with Crippen molar-refractivity contribution in [3.05, 3.63) is 89.3 Å². The van der Waals surface area contributed by atoms with Crippen LogP contribution in [0.4, 0.5) is 5.95 Å². The summed E-state index contributed by atoms with van der Waals surface area (Å²) in [5.74, 6) is -0.856. The predicted octanol–water partition coefficient (Wildman–Crippen LogP) is 3.91. The van der Waals surface area contributed by atoms with Crippen LogP contribution >= 0.6 is 0 Å². The molecule has 0 aliphatic carbocycles. The Bertz CT molecular complexity index is 1460. The highest BCUT2D eigenvalue weighted by molar-refractivity contribution is 6.51. The zero-order valence-electron chi connectivity index (χ0n) is 18.2. The molecule has 0 spiro atoms. The number of hydrogen-bond donors (Lipinski definition) is 2. The Balaban J connectivity index is 1.53. The number of aliphatic hydroxyl groups excluding tert-OH is 1. The fourth-order valence-corrected chi connectivity index (χ4v) is 4.65. The van der Waals surface area contributed by atoms with Gasteiger partial charge < -0.3 is 14.8 Å². The smallest absolute Gasteiger partial charge is 0.302 e. The third kappa shape index (κ3) is 3.07. The van der Waals surface area contributed by atoms with Crippen LogP contribution in [0, 0.1) is 0 Å². The number of H-pyrrole nitrogens is 1. The number of para-hydroxylation sites is 2. The van der Waals surface area contributed by atoms with E-state index in [1.54, 1.807) is 42.6 Å². The average Bonchev–Trinajstić information content (AvgIpc) is 3.51. The number of anilines is 1. The number of nitrogens with zero attached hydrogens (tertiary/aromatic N) is 3. The van der Waals surface area contributed by atoms with Gasteiger partial charge in [0.05, 0.1) is 22.3 Å². The van der Waals surface area contributed by atoms with Crippen LogP contribution in [0.1, 0.15) is 29.8 Å². The maximum absolute atomic E-state index is 13.3. The first kappa shape index (κ1) is 20.2. The molecule has 2 aromatic heterocycles. The summed E-state index contributed by atoms with van der Waals surface area (Å²) in [7, 11) is 0. The Labute approximate surface area is 194 Å². The van der Waals surface area contributed by atoms with Crippen LogP contribution in [-0.4, -0.2) is 37.9 Å². The number of aliphatic hydroxyl groups is 1. The third-order valence-electron chi connectivity index (χ3n) is 6.19. The summed E-state index contributed by atoms with van der Waals surface area (Å²) in [5.41, 5.74) is 3.19. The molecule has 0 radical (unpaired) electrons. The molecule has 34 heavy (non-hydrogen) atoms. The fraction of sp³-hybridized carbons (Fsp3) is 0.154. The van der Waals surface area contributed by atoms with Gasteiger partial charge in [0.15, 0.2) is 0 Å². The molecular weight excluding hydrogens is 432 g/mol. The van der Waals surface area contributed by atoms with Crippen molar-refractivity contribution in [3.8, 4) is 5.75 Å². The van der Waals surface area contributed by atoms with Crippen LogP contribution in [0.5, 0.6) is 5.75 Å². The number of carbonyl (C=O) groups excluding carboxylic acids is 2. The molecule has 2 aliphatic rings. The molecule has 0 saturated carbocycles. The zero-order chi connectivity index (χ0) is 23.4. The number of benzene rings is 2. The van der Waals surface area contributed by atoms with Crippen molar-refractivity contribution in [3.63, 3.8) is 0 Å². The number of ketones is 1. The van der Waals surface area contributed by atoms with E-state index in [9.17, 15) is 14.7 Å². The lowest BCUT2D eigenvalue weighted by molar-refractivity contribution is -0.132. The fourth-order valence-electron chi connectivity index (χ4n) is 4.65. The number of nitrogens with one attached hydrogen (secondary N) is 1. The van der Waals surface area contributed by atoms with Crippen molar-refractivity contribution in [2.75, 3.05) is 4.90 Å². The van der Waals surface area contributed by atoms with E-state index >= 15 is 0 Å². The molecule has 8 heteroatoms. The lowest BCUT2D eigenvalue weighted by Gasteiger charge is -2.22. The van der Waals surface area contributed by atoms with Gasteiger partial charge >= 0.3 is 5.91 Å². The summed E-state index contributed by atoms with van der Waals surface area (Å²) in [6.07, 6.45) is 2.33. The molecular formula is C26H20N4O4. The van der Waals surface area contributed by atoms with E-state index in [1.807, 2.05) is 31.2 Å². The van der Waals surface area contributed by atoms with Crippen molar-refractivity contribution in [2.24, 2.45) is 0 Å². The monoisotopic (exact) mass is 452 g/mol. The van der Waals surface area contributed by atoms with Crippen molar-refractivity contribution < 1.29 is 19.4 Å². The first-order valence-corrected chi connectivity index (χ1v) is 11.0. The molecule has 6 rings (SSSR count). The molecule has 1 amide bonds. The Morgan fingerprint density at radius 1 is 1.12 bits per heavy atom. The first-order chi connectivity index (χ1) is 16.5. The molecule has 2 atom stereocenters. The third-order valence-corrected chi connectivity index (χ3v) is 6.19. The Morgan fingerprint density at radius 3 is 2.74 bits per heavy atom. The molecule has 168 valence electrons. The summed E-state index contributed by atoms with van der Waals surface area (Å²) in [5, 5.41) is 11.3. The van der Waals surface area contributed by atoms with Crippen molar-refractivity contribution in [2.45, 2.75) is 25.5 Å². The highest BCUT2D eigenvalue weighted by Gasteiger charge is 2.49. The average molecular weight is 452 g/mol. The number of aromatic nitrogens is 3. The van der Waals surface area contributed by atoms with E-state index in [0.29, 0.717) is 23.2 Å². The molecule has 4 aromatic rings. The maximum Gasteiger partial charge on any atom is 0.302 e. The number of aromatic amines is 1. The van der Waals surface area contributed by atoms with Gasteiger partial charge in [-0.1, -0.05) is 18.2 Å². The molecule has 2 aliphatic heterocycles. The van der Waals surface area contributed by atoms with Gasteiger partial charge in [0.2, 0.25) is 5.95 Å². The van der Waals surface area contributed by atoms with Crippen molar-refractivity contribution >= 4 is 34.4 Å². The Kier molecular flexibility index (Phi) is 4.48. The summed E-state index contributed by atoms with van der Waals surface area (Å²) < 4.78 is 5.75. The first-order valence-electron chi connectivity index (χ1n) is 11.0. The van der Waals surface area contributed by atoms with E-state index in [4.69, 9.17) is 4.74 Å². The van der Waals surface area contributed by atoms with Crippen molar-refractivity contribution in [1.82, 2.24) is 15.0 Å². The van der Waals surface area contributed by atoms with Gasteiger partial charge in [0.1, 0.15) is 23.7 Å². The summed E-state index contributed by atoms with van der Waals surface area (Å²) >= 11 is 0. The quantitative estimate of drug-likeness (QED) is 0.277.